The predicted octanol–water partition coefficient (Wildman–Crippen LogP) is 6.49. The van der Waals surface area contributed by atoms with Gasteiger partial charge in [-0.3, -0.25) is 0 Å². The summed E-state index contributed by atoms with van der Waals surface area (Å²) in [6, 6.07) is 10.9. The molecule has 0 saturated heterocycles. The van der Waals surface area contributed by atoms with Crippen LogP contribution in [0.2, 0.25) is 0 Å². The average Bonchev–Trinajstić information content (AvgIpc) is 2.65. The summed E-state index contributed by atoms with van der Waals surface area (Å²) in [5.74, 6) is -0.606. The van der Waals surface area contributed by atoms with E-state index in [0.29, 0.717) is 17.4 Å². The fourth-order valence-corrected chi connectivity index (χ4v) is 3.76. The van der Waals surface area contributed by atoms with E-state index in [1.807, 2.05) is 12.1 Å². The van der Waals surface area contributed by atoms with Gasteiger partial charge in [0, 0.05) is 5.56 Å². The average molecular weight is 342 g/mol. The van der Waals surface area contributed by atoms with Crippen LogP contribution in [0.4, 0.5) is 8.78 Å². The molecule has 0 amide bonds. The largest absolute Gasteiger partial charge is 0.494 e. The second-order valence-electron chi connectivity index (χ2n) is 6.70. The maximum Gasteiger partial charge on any atom is 0.201 e. The molecular formula is C22H24F2O. The highest BCUT2D eigenvalue weighted by atomic mass is 19.2. The topological polar surface area (TPSA) is 9.23 Å². The summed E-state index contributed by atoms with van der Waals surface area (Å²) < 4.78 is 33.0. The maximum atomic E-state index is 14.2. The fourth-order valence-electron chi connectivity index (χ4n) is 3.76. The molecule has 0 unspecified atom stereocenters. The van der Waals surface area contributed by atoms with Gasteiger partial charge >= 0.3 is 0 Å². The Morgan fingerprint density at radius 2 is 1.60 bits per heavy atom. The van der Waals surface area contributed by atoms with Gasteiger partial charge in [0.05, 0.1) is 7.11 Å². The minimum absolute atomic E-state index is 0.0734. The van der Waals surface area contributed by atoms with Crippen LogP contribution in [0.3, 0.4) is 0 Å². The molecular weight excluding hydrogens is 318 g/mol. The number of benzene rings is 2. The van der Waals surface area contributed by atoms with Gasteiger partial charge in [0.25, 0.3) is 0 Å². The molecule has 2 aromatic rings. The lowest BCUT2D eigenvalue weighted by molar-refractivity contribution is 0.372. The Morgan fingerprint density at radius 3 is 2.20 bits per heavy atom. The number of halogens is 2. The number of hydrogen-bond donors (Lipinski definition) is 0. The number of methoxy groups -OCH3 is 1. The van der Waals surface area contributed by atoms with Gasteiger partial charge in [0.1, 0.15) is 0 Å². The zero-order valence-corrected chi connectivity index (χ0v) is 14.8. The molecule has 0 heterocycles. The lowest BCUT2D eigenvalue weighted by Crippen LogP contribution is -2.11. The molecule has 25 heavy (non-hydrogen) atoms. The highest BCUT2D eigenvalue weighted by Gasteiger charge is 2.21. The molecule has 0 aliphatic heterocycles. The first kappa shape index (κ1) is 17.7. The van der Waals surface area contributed by atoms with Crippen LogP contribution in [0.25, 0.3) is 11.1 Å². The van der Waals surface area contributed by atoms with E-state index in [-0.39, 0.29) is 11.3 Å². The molecule has 0 radical (unpaired) electrons. The van der Waals surface area contributed by atoms with Crippen molar-refractivity contribution in [3.05, 3.63) is 65.7 Å². The zero-order chi connectivity index (χ0) is 17.8. The van der Waals surface area contributed by atoms with Gasteiger partial charge in [-0.15, -0.1) is 0 Å². The van der Waals surface area contributed by atoms with Crippen molar-refractivity contribution in [2.75, 3.05) is 7.11 Å². The highest BCUT2D eigenvalue weighted by molar-refractivity contribution is 5.65. The number of rotatable bonds is 4. The van der Waals surface area contributed by atoms with Crippen LogP contribution in [0.15, 0.2) is 48.6 Å². The molecule has 1 fully saturated rings. The molecule has 0 bridgehead atoms. The minimum Gasteiger partial charge on any atom is -0.494 e. The van der Waals surface area contributed by atoms with Gasteiger partial charge in [-0.25, -0.2) is 4.39 Å². The molecule has 1 nitrogen and oxygen atoms in total. The lowest BCUT2D eigenvalue weighted by atomic mass is 9.78. The van der Waals surface area contributed by atoms with E-state index in [1.54, 1.807) is 6.07 Å². The summed E-state index contributed by atoms with van der Waals surface area (Å²) in [5.41, 5.74) is 2.24. The Hall–Kier alpha value is -2.16. The molecule has 3 heteroatoms. The molecule has 0 N–H and O–H groups in total. The second-order valence-corrected chi connectivity index (χ2v) is 6.70. The molecule has 0 atom stereocenters. The summed E-state index contributed by atoms with van der Waals surface area (Å²) in [6.45, 7) is 2.08. The smallest absolute Gasteiger partial charge is 0.201 e. The first-order chi connectivity index (χ1) is 12.1. The van der Waals surface area contributed by atoms with E-state index < -0.39 is 11.6 Å². The summed E-state index contributed by atoms with van der Waals surface area (Å²) in [6.07, 6.45) is 9.24. The Morgan fingerprint density at radius 1 is 0.920 bits per heavy atom. The third-order valence-corrected chi connectivity index (χ3v) is 5.20. The van der Waals surface area contributed by atoms with Crippen molar-refractivity contribution in [2.24, 2.45) is 5.92 Å². The molecule has 2 aromatic carbocycles. The second kappa shape index (κ2) is 7.81. The number of allylic oxidation sites excluding steroid dienone is 2. The van der Waals surface area contributed by atoms with E-state index in [2.05, 4.69) is 31.2 Å². The zero-order valence-electron chi connectivity index (χ0n) is 14.8. The third kappa shape index (κ3) is 3.76. The normalized spacial score (nSPS) is 20.8. The van der Waals surface area contributed by atoms with Crippen LogP contribution in [0.1, 0.15) is 44.1 Å². The first-order valence-electron chi connectivity index (χ1n) is 8.89. The highest BCUT2D eigenvalue weighted by Crippen LogP contribution is 2.37. The molecule has 132 valence electrons. The molecule has 1 saturated carbocycles. The van der Waals surface area contributed by atoms with Gasteiger partial charge < -0.3 is 4.74 Å². The summed E-state index contributed by atoms with van der Waals surface area (Å²) in [5, 5.41) is 0. The minimum atomic E-state index is -0.939. The van der Waals surface area contributed by atoms with Crippen molar-refractivity contribution in [3.8, 4) is 16.9 Å². The van der Waals surface area contributed by atoms with E-state index in [0.717, 1.165) is 0 Å². The summed E-state index contributed by atoms with van der Waals surface area (Å²) >= 11 is 0. The quantitative estimate of drug-likeness (QED) is 0.577. The van der Waals surface area contributed by atoms with Crippen molar-refractivity contribution in [2.45, 2.75) is 38.5 Å². The Kier molecular flexibility index (Phi) is 5.52. The van der Waals surface area contributed by atoms with Crippen molar-refractivity contribution < 1.29 is 13.5 Å². The maximum absolute atomic E-state index is 14.2. The molecule has 0 aromatic heterocycles. The van der Waals surface area contributed by atoms with Crippen molar-refractivity contribution in [1.29, 1.82) is 0 Å². The van der Waals surface area contributed by atoms with Crippen molar-refractivity contribution >= 4 is 0 Å². The number of ether oxygens (including phenoxy) is 1. The van der Waals surface area contributed by atoms with Crippen LogP contribution < -0.4 is 4.74 Å². The molecule has 1 aliphatic rings. The molecule has 1 aliphatic carbocycles. The van der Waals surface area contributed by atoms with Crippen LogP contribution in [-0.2, 0) is 0 Å². The monoisotopic (exact) mass is 342 g/mol. The van der Waals surface area contributed by atoms with Gasteiger partial charge in [0.15, 0.2) is 11.6 Å². The summed E-state index contributed by atoms with van der Waals surface area (Å²) in [7, 11) is 1.33. The molecule has 0 spiro atoms. The Balaban J connectivity index is 1.76. The number of hydrogen-bond acceptors (Lipinski definition) is 1. The fraction of sp³-hybridized carbons (Fsp3) is 0.364. The van der Waals surface area contributed by atoms with E-state index in [4.69, 9.17) is 4.74 Å². The third-order valence-electron chi connectivity index (χ3n) is 5.20. The van der Waals surface area contributed by atoms with E-state index in [1.165, 1.54) is 44.4 Å². The van der Waals surface area contributed by atoms with Gasteiger partial charge in [0.2, 0.25) is 5.82 Å². The van der Waals surface area contributed by atoms with Gasteiger partial charge in [-0.05, 0) is 67.7 Å². The van der Waals surface area contributed by atoms with E-state index in [9.17, 15) is 8.78 Å². The van der Waals surface area contributed by atoms with E-state index >= 15 is 0 Å². The summed E-state index contributed by atoms with van der Waals surface area (Å²) in [4.78, 5) is 0. The Labute approximate surface area is 148 Å². The molecule has 3 rings (SSSR count). The predicted molar refractivity (Wildman–Crippen MR) is 97.9 cm³/mol. The standard InChI is InChI=1S/C22H24F2O/c1-3-4-15-5-7-16(8-6-15)17-9-11-18(12-10-17)19-13-14-20(25-2)22(24)21(19)23/h3-4,9-16H,5-8H2,1-2H3. The van der Waals surface area contributed by atoms with Crippen LogP contribution >= 0.6 is 0 Å². The SMILES string of the molecule is CC=CC1CCC(c2ccc(-c3ccc(OC)c(F)c3F)cc2)CC1. The van der Waals surface area contributed by atoms with Gasteiger partial charge in [-0.1, -0.05) is 36.4 Å². The van der Waals surface area contributed by atoms with Crippen LogP contribution in [0, 0.1) is 17.6 Å². The van der Waals surface area contributed by atoms with Gasteiger partial charge in [-0.2, -0.15) is 4.39 Å². The van der Waals surface area contributed by atoms with Crippen molar-refractivity contribution in [3.63, 3.8) is 0 Å². The van der Waals surface area contributed by atoms with Crippen LogP contribution in [0.5, 0.6) is 5.75 Å². The first-order valence-corrected chi connectivity index (χ1v) is 8.89. The lowest BCUT2D eigenvalue weighted by Gasteiger charge is -2.27. The van der Waals surface area contributed by atoms with Crippen LogP contribution in [-0.4, -0.2) is 7.11 Å². The Bertz CT molecular complexity index is 741. The van der Waals surface area contributed by atoms with Crippen molar-refractivity contribution in [1.82, 2.24) is 0 Å².